The molecule has 0 N–H and O–H groups in total. The average molecular weight is 397 g/mol. The third kappa shape index (κ3) is 4.24. The molecule has 3 rings (SSSR count). The van der Waals surface area contributed by atoms with E-state index in [0.29, 0.717) is 0 Å². The Bertz CT molecular complexity index is 883. The Morgan fingerprint density at radius 1 is 0.963 bits per heavy atom. The minimum atomic E-state index is -0.795. The molecule has 1 aliphatic rings. The summed E-state index contributed by atoms with van der Waals surface area (Å²) in [5, 5.41) is -0.0483. The van der Waals surface area contributed by atoms with Gasteiger partial charge in [0, 0.05) is 26.2 Å². The molecular formula is C19H16ClF3N2O2. The highest BCUT2D eigenvalue weighted by Gasteiger charge is 2.27. The Kier molecular flexibility index (Phi) is 5.70. The smallest absolute Gasteiger partial charge is 0.257 e. The van der Waals surface area contributed by atoms with E-state index in [2.05, 4.69) is 0 Å². The van der Waals surface area contributed by atoms with Crippen molar-refractivity contribution in [3.05, 3.63) is 70.0 Å². The molecule has 2 amide bonds. The number of carbonyl (C=O) groups is 2. The van der Waals surface area contributed by atoms with Crippen molar-refractivity contribution >= 4 is 23.4 Å². The molecule has 1 aliphatic heterocycles. The fourth-order valence-electron chi connectivity index (χ4n) is 2.95. The molecule has 1 heterocycles. The fourth-order valence-corrected chi connectivity index (χ4v) is 3.14. The quantitative estimate of drug-likeness (QED) is 0.799. The predicted molar refractivity (Wildman–Crippen MR) is 94.0 cm³/mol. The minimum Gasteiger partial charge on any atom is -0.339 e. The van der Waals surface area contributed by atoms with Gasteiger partial charge in [0.1, 0.15) is 17.5 Å². The van der Waals surface area contributed by atoms with Crippen LogP contribution in [0.15, 0.2) is 36.4 Å². The third-order valence-corrected chi connectivity index (χ3v) is 4.74. The molecule has 4 nitrogen and oxygen atoms in total. The lowest BCUT2D eigenvalue weighted by Crippen LogP contribution is -2.51. The average Bonchev–Trinajstić information content (AvgIpc) is 2.67. The second-order valence-electron chi connectivity index (χ2n) is 6.19. The minimum absolute atomic E-state index is 0.0483. The number of nitrogens with zero attached hydrogens (tertiary/aromatic N) is 2. The van der Waals surface area contributed by atoms with Gasteiger partial charge in [-0.1, -0.05) is 23.7 Å². The summed E-state index contributed by atoms with van der Waals surface area (Å²) in [6.45, 7) is 0.810. The van der Waals surface area contributed by atoms with E-state index < -0.39 is 23.4 Å². The first-order valence-electron chi connectivity index (χ1n) is 8.32. The molecule has 142 valence electrons. The summed E-state index contributed by atoms with van der Waals surface area (Å²) in [6.07, 6.45) is -0.140. The highest BCUT2D eigenvalue weighted by molar-refractivity contribution is 6.30. The number of halogens is 4. The Hall–Kier alpha value is -2.54. The number of hydrogen-bond donors (Lipinski definition) is 0. The van der Waals surface area contributed by atoms with Gasteiger partial charge in [-0.3, -0.25) is 9.59 Å². The van der Waals surface area contributed by atoms with Crippen molar-refractivity contribution in [1.29, 1.82) is 0 Å². The molecule has 0 atom stereocenters. The van der Waals surface area contributed by atoms with Crippen molar-refractivity contribution < 1.29 is 22.8 Å². The highest BCUT2D eigenvalue weighted by Crippen LogP contribution is 2.19. The Morgan fingerprint density at radius 2 is 1.63 bits per heavy atom. The monoisotopic (exact) mass is 396 g/mol. The van der Waals surface area contributed by atoms with E-state index in [1.807, 2.05) is 0 Å². The molecule has 0 aromatic heterocycles. The van der Waals surface area contributed by atoms with Crippen LogP contribution in [0.2, 0.25) is 5.02 Å². The van der Waals surface area contributed by atoms with Crippen LogP contribution in [0.1, 0.15) is 15.9 Å². The molecule has 1 saturated heterocycles. The second kappa shape index (κ2) is 8.00. The van der Waals surface area contributed by atoms with Crippen LogP contribution in [0.4, 0.5) is 13.2 Å². The molecule has 0 unspecified atom stereocenters. The van der Waals surface area contributed by atoms with Crippen LogP contribution in [0.3, 0.4) is 0 Å². The molecular weight excluding hydrogens is 381 g/mol. The van der Waals surface area contributed by atoms with Crippen molar-refractivity contribution in [2.45, 2.75) is 6.42 Å². The summed E-state index contributed by atoms with van der Waals surface area (Å²) >= 11 is 5.72. The van der Waals surface area contributed by atoms with Gasteiger partial charge in [-0.2, -0.15) is 0 Å². The maximum atomic E-state index is 13.9. The Balaban J connectivity index is 1.61. The number of carbonyl (C=O) groups excluding carboxylic acids is 2. The van der Waals surface area contributed by atoms with Crippen molar-refractivity contribution in [3.63, 3.8) is 0 Å². The number of piperazine rings is 1. The van der Waals surface area contributed by atoms with Crippen LogP contribution in [0.25, 0.3) is 0 Å². The van der Waals surface area contributed by atoms with Crippen LogP contribution >= 0.6 is 11.6 Å². The van der Waals surface area contributed by atoms with Gasteiger partial charge in [0.15, 0.2) is 0 Å². The maximum Gasteiger partial charge on any atom is 0.257 e. The lowest BCUT2D eigenvalue weighted by Gasteiger charge is -2.35. The summed E-state index contributed by atoms with van der Waals surface area (Å²) in [7, 11) is 0. The number of rotatable bonds is 3. The molecule has 8 heteroatoms. The normalized spacial score (nSPS) is 14.4. The van der Waals surface area contributed by atoms with E-state index in [4.69, 9.17) is 11.6 Å². The van der Waals surface area contributed by atoms with E-state index in [9.17, 15) is 22.8 Å². The Labute approximate surface area is 159 Å². The first kappa shape index (κ1) is 19.2. The molecule has 0 saturated carbocycles. The van der Waals surface area contributed by atoms with Gasteiger partial charge >= 0.3 is 0 Å². The van der Waals surface area contributed by atoms with Crippen LogP contribution in [0.5, 0.6) is 0 Å². The molecule has 2 aromatic rings. The first-order valence-corrected chi connectivity index (χ1v) is 8.69. The van der Waals surface area contributed by atoms with Gasteiger partial charge in [-0.15, -0.1) is 0 Å². The largest absolute Gasteiger partial charge is 0.339 e. The predicted octanol–water partition coefficient (Wildman–Crippen LogP) is 3.28. The van der Waals surface area contributed by atoms with Crippen LogP contribution in [-0.2, 0) is 11.2 Å². The van der Waals surface area contributed by atoms with Gasteiger partial charge in [-0.25, -0.2) is 13.2 Å². The van der Waals surface area contributed by atoms with Crippen LogP contribution in [0, 0.1) is 17.5 Å². The van der Waals surface area contributed by atoms with Crippen molar-refractivity contribution in [2.24, 2.45) is 0 Å². The van der Waals surface area contributed by atoms with Crippen LogP contribution < -0.4 is 0 Å². The molecule has 0 radical (unpaired) electrons. The summed E-state index contributed by atoms with van der Waals surface area (Å²) < 4.78 is 41.0. The number of hydrogen-bond acceptors (Lipinski definition) is 2. The lowest BCUT2D eigenvalue weighted by atomic mass is 10.1. The lowest BCUT2D eigenvalue weighted by molar-refractivity contribution is -0.132. The second-order valence-corrected chi connectivity index (χ2v) is 6.59. The van der Waals surface area contributed by atoms with Gasteiger partial charge < -0.3 is 9.80 Å². The fraction of sp³-hybridized carbons (Fsp3) is 0.263. The molecule has 1 fully saturated rings. The number of amides is 2. The van der Waals surface area contributed by atoms with Gasteiger partial charge in [0.2, 0.25) is 5.91 Å². The SMILES string of the molecule is O=C(Cc1cccc(Cl)c1F)N1CCN(C(=O)c2cc(F)ccc2F)CC1. The zero-order chi connectivity index (χ0) is 19.6. The summed E-state index contributed by atoms with van der Waals surface area (Å²) in [4.78, 5) is 27.6. The molecule has 27 heavy (non-hydrogen) atoms. The summed E-state index contributed by atoms with van der Waals surface area (Å²) in [5.74, 6) is -3.03. The third-order valence-electron chi connectivity index (χ3n) is 4.45. The van der Waals surface area contributed by atoms with E-state index in [-0.39, 0.29) is 54.7 Å². The van der Waals surface area contributed by atoms with Crippen molar-refractivity contribution in [1.82, 2.24) is 9.80 Å². The van der Waals surface area contributed by atoms with Crippen LogP contribution in [-0.4, -0.2) is 47.8 Å². The van der Waals surface area contributed by atoms with Gasteiger partial charge in [0.25, 0.3) is 5.91 Å². The van der Waals surface area contributed by atoms with Crippen molar-refractivity contribution in [3.8, 4) is 0 Å². The zero-order valence-corrected chi connectivity index (χ0v) is 15.0. The number of benzene rings is 2. The summed E-state index contributed by atoms with van der Waals surface area (Å²) in [6, 6.07) is 7.17. The van der Waals surface area contributed by atoms with E-state index in [1.54, 1.807) is 6.07 Å². The van der Waals surface area contributed by atoms with Gasteiger partial charge in [0.05, 0.1) is 17.0 Å². The summed E-state index contributed by atoms with van der Waals surface area (Å²) in [5.41, 5.74) is -0.136. The van der Waals surface area contributed by atoms with E-state index in [0.717, 1.165) is 18.2 Å². The van der Waals surface area contributed by atoms with E-state index >= 15 is 0 Å². The maximum absolute atomic E-state index is 13.9. The standard InChI is InChI=1S/C19H16ClF3N2O2/c20-15-3-1-2-12(18(15)23)10-17(26)24-6-8-25(9-7-24)19(27)14-11-13(21)4-5-16(14)22/h1-5,11H,6-10H2. The Morgan fingerprint density at radius 3 is 2.33 bits per heavy atom. The topological polar surface area (TPSA) is 40.6 Å². The van der Waals surface area contributed by atoms with E-state index in [1.165, 1.54) is 21.9 Å². The van der Waals surface area contributed by atoms with Gasteiger partial charge in [-0.05, 0) is 29.8 Å². The molecule has 0 aliphatic carbocycles. The first-order chi connectivity index (χ1) is 12.9. The molecule has 2 aromatic carbocycles. The van der Waals surface area contributed by atoms with Crippen molar-refractivity contribution in [2.75, 3.05) is 26.2 Å². The highest BCUT2D eigenvalue weighted by atomic mass is 35.5. The molecule has 0 bridgehead atoms. The zero-order valence-electron chi connectivity index (χ0n) is 14.2. The molecule has 0 spiro atoms.